The Labute approximate surface area is 285 Å². The Hall–Kier alpha value is -6.52. The van der Waals surface area contributed by atoms with Gasteiger partial charge in [0.1, 0.15) is 5.82 Å². The number of nitrogens with two attached hydrogens (primary N) is 1. The summed E-state index contributed by atoms with van der Waals surface area (Å²) in [7, 11) is 0. The van der Waals surface area contributed by atoms with Crippen molar-refractivity contribution in [3.63, 3.8) is 0 Å². The molecule has 2 aromatic heterocycles. The van der Waals surface area contributed by atoms with Gasteiger partial charge in [0.15, 0.2) is 0 Å². The van der Waals surface area contributed by atoms with Crippen LogP contribution >= 0.6 is 0 Å². The quantitative estimate of drug-likeness (QED) is 0.190. The zero-order chi connectivity index (χ0) is 32.7. The molecule has 9 aromatic rings. The molecule has 234 valence electrons. The molecule has 0 saturated carbocycles. The molecule has 0 atom stereocenters. The van der Waals surface area contributed by atoms with Crippen molar-refractivity contribution in [3.8, 4) is 22.5 Å². The molecule has 49 heavy (non-hydrogen) atoms. The van der Waals surface area contributed by atoms with Crippen LogP contribution in [-0.2, 0) is 6.54 Å². The minimum atomic E-state index is 0.674. The Morgan fingerprint density at radius 2 is 0.959 bits per heavy atom. The van der Waals surface area contributed by atoms with Crippen LogP contribution in [0.5, 0.6) is 0 Å². The summed E-state index contributed by atoms with van der Waals surface area (Å²) in [5, 5.41) is 3.49. The van der Waals surface area contributed by atoms with Gasteiger partial charge >= 0.3 is 0 Å². The molecule has 0 aliphatic heterocycles. The van der Waals surface area contributed by atoms with E-state index in [1.54, 1.807) is 0 Å². The number of hydrogen-bond donors (Lipinski definition) is 1. The van der Waals surface area contributed by atoms with E-state index >= 15 is 0 Å². The first-order chi connectivity index (χ1) is 24.2. The number of hydrogen-bond acceptors (Lipinski definition) is 2. The molecule has 0 unspecified atom stereocenters. The molecule has 0 amide bonds. The minimum absolute atomic E-state index is 0.674. The molecule has 9 rings (SSSR count). The molecule has 4 nitrogen and oxygen atoms in total. The fourth-order valence-electron chi connectivity index (χ4n) is 7.28. The predicted molar refractivity (Wildman–Crippen MR) is 206 cm³/mol. The van der Waals surface area contributed by atoms with Gasteiger partial charge in [-0.1, -0.05) is 127 Å². The van der Waals surface area contributed by atoms with E-state index in [2.05, 4.69) is 190 Å². The summed E-state index contributed by atoms with van der Waals surface area (Å²) in [6.45, 7) is 0.674. The average Bonchev–Trinajstić information content (AvgIpc) is 3.64. The Morgan fingerprint density at radius 1 is 0.429 bits per heavy atom. The van der Waals surface area contributed by atoms with Crippen LogP contribution in [-0.4, -0.2) is 9.13 Å². The van der Waals surface area contributed by atoms with Crippen molar-refractivity contribution in [1.29, 1.82) is 0 Å². The largest absolute Gasteiger partial charge is 0.383 e. The van der Waals surface area contributed by atoms with Gasteiger partial charge < -0.3 is 15.2 Å². The van der Waals surface area contributed by atoms with Gasteiger partial charge in [-0.2, -0.15) is 0 Å². The van der Waals surface area contributed by atoms with Crippen molar-refractivity contribution in [2.24, 2.45) is 0 Å². The Balaban J connectivity index is 1.39. The molecule has 0 saturated heterocycles. The van der Waals surface area contributed by atoms with Crippen LogP contribution in [0.3, 0.4) is 0 Å². The van der Waals surface area contributed by atoms with Gasteiger partial charge in [0, 0.05) is 39.8 Å². The van der Waals surface area contributed by atoms with E-state index in [0.717, 1.165) is 39.2 Å². The Bertz CT molecular complexity index is 2550. The molecule has 0 bridgehead atoms. The maximum atomic E-state index is 7.33. The lowest BCUT2D eigenvalue weighted by molar-refractivity contribution is 0.977. The summed E-state index contributed by atoms with van der Waals surface area (Å²) in [5.74, 6) is 0.704. The van der Waals surface area contributed by atoms with Gasteiger partial charge in [-0.05, 0) is 71.3 Å². The van der Waals surface area contributed by atoms with Gasteiger partial charge in [-0.15, -0.1) is 0 Å². The van der Waals surface area contributed by atoms with Crippen molar-refractivity contribution >= 4 is 49.9 Å². The highest BCUT2D eigenvalue weighted by atomic mass is 15.2. The number of rotatable bonds is 7. The van der Waals surface area contributed by atoms with Gasteiger partial charge in [0.25, 0.3) is 0 Å². The monoisotopic (exact) mass is 630 g/mol. The average molecular weight is 631 g/mol. The maximum absolute atomic E-state index is 7.33. The second-order valence-corrected chi connectivity index (χ2v) is 12.5. The number of anilines is 3. The van der Waals surface area contributed by atoms with E-state index in [-0.39, 0.29) is 0 Å². The van der Waals surface area contributed by atoms with Crippen molar-refractivity contribution in [3.05, 3.63) is 188 Å². The Morgan fingerprint density at radius 3 is 1.61 bits per heavy atom. The number of para-hydroxylation sites is 3. The summed E-state index contributed by atoms with van der Waals surface area (Å²) < 4.78 is 4.61. The van der Waals surface area contributed by atoms with Gasteiger partial charge in [-0.3, -0.25) is 4.57 Å². The highest BCUT2D eigenvalue weighted by Crippen LogP contribution is 2.46. The standard InChI is InChI=1S/C45H34N4/c46-45-44(47(35-20-10-3-11-21-35)31-32-16-6-1-7-17-32)40-29-39-38-27-26-34(33-18-8-2-9-19-33)28-41(38)48(36-22-12-4-13-23-36)42(39)30-43(40)49(45)37-24-14-5-15-25-37/h1-30H,31,46H2. The lowest BCUT2D eigenvalue weighted by atomic mass is 10.0. The summed E-state index contributed by atoms with van der Waals surface area (Å²) in [6, 6.07) is 64.5. The van der Waals surface area contributed by atoms with Crippen LogP contribution in [0.25, 0.3) is 55.2 Å². The van der Waals surface area contributed by atoms with Gasteiger partial charge in [-0.25, -0.2) is 0 Å². The zero-order valence-electron chi connectivity index (χ0n) is 26.9. The van der Waals surface area contributed by atoms with E-state index in [1.807, 2.05) is 6.07 Å². The number of fused-ring (bicyclic) bond motifs is 4. The van der Waals surface area contributed by atoms with E-state index < -0.39 is 0 Å². The van der Waals surface area contributed by atoms with Crippen LogP contribution in [0.15, 0.2) is 182 Å². The molecule has 0 aliphatic carbocycles. The summed E-state index contributed by atoms with van der Waals surface area (Å²) >= 11 is 0. The van der Waals surface area contributed by atoms with E-state index in [0.29, 0.717) is 12.4 Å². The van der Waals surface area contributed by atoms with E-state index in [1.165, 1.54) is 33.0 Å². The second kappa shape index (κ2) is 11.9. The normalized spacial score (nSPS) is 11.4. The van der Waals surface area contributed by atoms with E-state index in [9.17, 15) is 0 Å². The van der Waals surface area contributed by atoms with Gasteiger partial charge in [0.2, 0.25) is 0 Å². The predicted octanol–water partition coefficient (Wildman–Crippen LogP) is 11.3. The second-order valence-electron chi connectivity index (χ2n) is 12.5. The molecule has 0 fully saturated rings. The third-order valence-electron chi connectivity index (χ3n) is 9.52. The molecule has 7 aromatic carbocycles. The number of nitrogen functional groups attached to an aromatic ring is 1. The molecule has 0 spiro atoms. The smallest absolute Gasteiger partial charge is 0.133 e. The molecule has 0 aliphatic rings. The summed E-state index contributed by atoms with van der Waals surface area (Å²) in [4.78, 5) is 2.36. The number of aromatic nitrogens is 2. The van der Waals surface area contributed by atoms with Crippen LogP contribution < -0.4 is 10.6 Å². The molecular weight excluding hydrogens is 597 g/mol. The van der Waals surface area contributed by atoms with Crippen LogP contribution in [0.2, 0.25) is 0 Å². The topological polar surface area (TPSA) is 39.1 Å². The first-order valence-corrected chi connectivity index (χ1v) is 16.7. The summed E-state index contributed by atoms with van der Waals surface area (Å²) in [6.07, 6.45) is 0. The molecule has 2 N–H and O–H groups in total. The van der Waals surface area contributed by atoms with E-state index in [4.69, 9.17) is 5.73 Å². The van der Waals surface area contributed by atoms with Crippen molar-refractivity contribution < 1.29 is 0 Å². The third-order valence-corrected chi connectivity index (χ3v) is 9.52. The highest BCUT2D eigenvalue weighted by Gasteiger charge is 2.25. The number of benzene rings is 7. The zero-order valence-corrected chi connectivity index (χ0v) is 26.9. The van der Waals surface area contributed by atoms with Crippen molar-refractivity contribution in [1.82, 2.24) is 9.13 Å². The maximum Gasteiger partial charge on any atom is 0.133 e. The lowest BCUT2D eigenvalue weighted by Crippen LogP contribution is -2.18. The molecule has 4 heteroatoms. The fraction of sp³-hybridized carbons (Fsp3) is 0.0222. The molecule has 0 radical (unpaired) electrons. The summed E-state index contributed by atoms with van der Waals surface area (Å²) in [5.41, 5.74) is 18.5. The third kappa shape index (κ3) is 4.93. The highest BCUT2D eigenvalue weighted by molar-refractivity contribution is 6.17. The SMILES string of the molecule is Nc1c(N(Cc2ccccc2)c2ccccc2)c2cc3c4ccc(-c5ccccc5)cc4n(-c4ccccc4)c3cc2n1-c1ccccc1. The molecular formula is C45H34N4. The fourth-order valence-corrected chi connectivity index (χ4v) is 7.28. The van der Waals surface area contributed by atoms with Crippen LogP contribution in [0, 0.1) is 0 Å². The minimum Gasteiger partial charge on any atom is -0.383 e. The first kappa shape index (κ1) is 28.7. The number of nitrogens with zero attached hydrogens (tertiary/aromatic N) is 3. The van der Waals surface area contributed by atoms with Gasteiger partial charge in [0.05, 0.1) is 22.2 Å². The Kier molecular flexibility index (Phi) is 6.98. The lowest BCUT2D eigenvalue weighted by Gasteiger charge is -2.26. The van der Waals surface area contributed by atoms with Crippen LogP contribution in [0.4, 0.5) is 17.2 Å². The van der Waals surface area contributed by atoms with Crippen molar-refractivity contribution in [2.45, 2.75) is 6.54 Å². The first-order valence-electron chi connectivity index (χ1n) is 16.7. The van der Waals surface area contributed by atoms with Crippen molar-refractivity contribution in [2.75, 3.05) is 10.6 Å². The molecule has 2 heterocycles. The van der Waals surface area contributed by atoms with Crippen LogP contribution in [0.1, 0.15) is 5.56 Å².